The minimum atomic E-state index is -2.03. The van der Waals surface area contributed by atoms with Crippen molar-refractivity contribution >= 4 is 34.8 Å². The third kappa shape index (κ3) is 3.89. The number of aromatic nitrogens is 1. The summed E-state index contributed by atoms with van der Waals surface area (Å²) in [5, 5.41) is 23.1. The lowest BCUT2D eigenvalue weighted by atomic mass is 10.1. The van der Waals surface area contributed by atoms with E-state index in [0.29, 0.717) is 22.8 Å². The lowest BCUT2D eigenvalue weighted by Crippen LogP contribution is -2.47. The zero-order chi connectivity index (χ0) is 17.2. The summed E-state index contributed by atoms with van der Waals surface area (Å²) in [6, 6.07) is 4.72. The molecular weight excluding hydrogens is 304 g/mol. The van der Waals surface area contributed by atoms with E-state index in [1.54, 1.807) is 37.2 Å². The molecule has 0 spiro atoms. The molecule has 4 N–H and O–H groups in total. The Morgan fingerprint density at radius 3 is 2.70 bits per heavy atom. The van der Waals surface area contributed by atoms with Crippen molar-refractivity contribution in [3.63, 3.8) is 0 Å². The summed E-state index contributed by atoms with van der Waals surface area (Å²) in [4.78, 5) is 28.5. The summed E-state index contributed by atoms with van der Waals surface area (Å²) < 4.78 is 5.50. The number of rotatable bonds is 5. The van der Waals surface area contributed by atoms with Crippen molar-refractivity contribution < 1.29 is 24.2 Å². The van der Waals surface area contributed by atoms with E-state index < -0.39 is 24.1 Å². The number of nitrogens with zero attached hydrogens (tertiary/aromatic N) is 2. The molecule has 0 aliphatic carbocycles. The second-order valence-electron chi connectivity index (χ2n) is 5.46. The van der Waals surface area contributed by atoms with Crippen LogP contribution in [0.3, 0.4) is 0 Å². The minimum Gasteiger partial charge on any atom is -0.479 e. The van der Waals surface area contributed by atoms with Crippen LogP contribution in [0.5, 0.6) is 0 Å². The highest BCUT2D eigenvalue weighted by Crippen LogP contribution is 2.23. The number of aliphatic carboxylic acids is 1. The maximum atomic E-state index is 11.8. The standard InChI is InChI=1S/C14H18N4O5/c1-14(22,11(19)20)7-15-12(21)16-8-4-5-10-9(6-8)17-13(23-10)18(2)3/h4-6,22H,7H2,1-3H3,(H,19,20)(H2,15,16,21). The van der Waals surface area contributed by atoms with Crippen LogP contribution in [0.1, 0.15) is 6.92 Å². The molecule has 0 saturated carbocycles. The van der Waals surface area contributed by atoms with Gasteiger partial charge in [-0.15, -0.1) is 0 Å². The smallest absolute Gasteiger partial charge is 0.337 e. The topological polar surface area (TPSA) is 128 Å². The van der Waals surface area contributed by atoms with E-state index in [0.717, 1.165) is 6.92 Å². The molecule has 0 fully saturated rings. The van der Waals surface area contributed by atoms with Crippen LogP contribution < -0.4 is 15.5 Å². The first-order valence-electron chi connectivity index (χ1n) is 6.77. The number of anilines is 2. The minimum absolute atomic E-state index is 0.425. The van der Waals surface area contributed by atoms with E-state index in [1.165, 1.54) is 0 Å². The summed E-state index contributed by atoms with van der Waals surface area (Å²) in [5.74, 6) is -1.42. The molecule has 9 nitrogen and oxygen atoms in total. The fourth-order valence-electron chi connectivity index (χ4n) is 1.69. The highest BCUT2D eigenvalue weighted by Gasteiger charge is 2.30. The molecule has 0 aliphatic heterocycles. The van der Waals surface area contributed by atoms with Crippen LogP contribution in [0.4, 0.5) is 16.5 Å². The first-order valence-corrected chi connectivity index (χ1v) is 6.77. The number of aliphatic hydroxyl groups is 1. The van der Waals surface area contributed by atoms with E-state index in [2.05, 4.69) is 15.6 Å². The molecule has 1 aromatic heterocycles. The van der Waals surface area contributed by atoms with Gasteiger partial charge in [0, 0.05) is 19.8 Å². The summed E-state index contributed by atoms with van der Waals surface area (Å²) in [6.07, 6.45) is 0. The van der Waals surface area contributed by atoms with Crippen LogP contribution in [-0.4, -0.2) is 53.4 Å². The Labute approximate surface area is 131 Å². The van der Waals surface area contributed by atoms with Gasteiger partial charge in [0.1, 0.15) is 5.52 Å². The molecule has 9 heteroatoms. The fourth-order valence-corrected chi connectivity index (χ4v) is 1.69. The third-order valence-electron chi connectivity index (χ3n) is 3.07. The van der Waals surface area contributed by atoms with E-state index >= 15 is 0 Å². The summed E-state index contributed by atoms with van der Waals surface area (Å²) in [5.41, 5.74) is -0.422. The highest BCUT2D eigenvalue weighted by atomic mass is 16.4. The van der Waals surface area contributed by atoms with Crippen LogP contribution in [0, 0.1) is 0 Å². The molecular formula is C14H18N4O5. The quantitative estimate of drug-likeness (QED) is 0.642. The molecule has 1 atom stereocenters. The highest BCUT2D eigenvalue weighted by molar-refractivity contribution is 5.92. The van der Waals surface area contributed by atoms with Gasteiger partial charge in [-0.05, 0) is 25.1 Å². The molecule has 1 unspecified atom stereocenters. The number of hydrogen-bond acceptors (Lipinski definition) is 6. The number of hydrogen-bond donors (Lipinski definition) is 4. The fraction of sp³-hybridized carbons (Fsp3) is 0.357. The van der Waals surface area contributed by atoms with Crippen LogP contribution in [0.25, 0.3) is 11.1 Å². The number of oxazole rings is 1. The van der Waals surface area contributed by atoms with Crippen LogP contribution in [0.15, 0.2) is 22.6 Å². The van der Waals surface area contributed by atoms with E-state index in [9.17, 15) is 14.7 Å². The molecule has 0 aliphatic rings. The second-order valence-corrected chi connectivity index (χ2v) is 5.46. The van der Waals surface area contributed by atoms with E-state index in [-0.39, 0.29) is 0 Å². The van der Waals surface area contributed by atoms with Crippen molar-refractivity contribution in [2.24, 2.45) is 0 Å². The Morgan fingerprint density at radius 2 is 2.09 bits per heavy atom. The number of carboxylic acid groups (broad SMARTS) is 1. The number of carbonyl (C=O) groups excluding carboxylic acids is 1. The number of amides is 2. The van der Waals surface area contributed by atoms with Crippen LogP contribution in [-0.2, 0) is 4.79 Å². The molecule has 2 aromatic rings. The molecule has 124 valence electrons. The Hall–Kier alpha value is -2.81. The van der Waals surface area contributed by atoms with Crippen molar-refractivity contribution in [2.75, 3.05) is 30.9 Å². The van der Waals surface area contributed by atoms with Gasteiger partial charge in [0.2, 0.25) is 0 Å². The lowest BCUT2D eigenvalue weighted by molar-refractivity contribution is -0.155. The Kier molecular flexibility index (Phi) is 4.41. The summed E-state index contributed by atoms with van der Waals surface area (Å²) in [7, 11) is 3.59. The Bertz CT molecular complexity index is 738. The van der Waals surface area contributed by atoms with Crippen molar-refractivity contribution in [3.05, 3.63) is 18.2 Å². The summed E-state index contributed by atoms with van der Waals surface area (Å²) in [6.45, 7) is 0.672. The van der Waals surface area contributed by atoms with Crippen molar-refractivity contribution in [1.82, 2.24) is 10.3 Å². The zero-order valence-corrected chi connectivity index (χ0v) is 13.0. The molecule has 0 saturated heterocycles. The van der Waals surface area contributed by atoms with Crippen molar-refractivity contribution in [2.45, 2.75) is 12.5 Å². The van der Waals surface area contributed by atoms with Crippen LogP contribution in [0.2, 0.25) is 0 Å². The third-order valence-corrected chi connectivity index (χ3v) is 3.07. The van der Waals surface area contributed by atoms with Gasteiger partial charge in [-0.1, -0.05) is 0 Å². The first-order chi connectivity index (χ1) is 10.7. The van der Waals surface area contributed by atoms with Gasteiger partial charge in [-0.3, -0.25) is 0 Å². The van der Waals surface area contributed by atoms with E-state index in [4.69, 9.17) is 9.52 Å². The number of benzene rings is 1. The number of fused-ring (bicyclic) bond motifs is 1. The molecule has 23 heavy (non-hydrogen) atoms. The summed E-state index contributed by atoms with van der Waals surface area (Å²) >= 11 is 0. The second kappa shape index (κ2) is 6.13. The number of nitrogens with one attached hydrogen (secondary N) is 2. The molecule has 1 aromatic carbocycles. The zero-order valence-electron chi connectivity index (χ0n) is 13.0. The Morgan fingerprint density at radius 1 is 1.39 bits per heavy atom. The van der Waals surface area contributed by atoms with Crippen LogP contribution >= 0.6 is 0 Å². The number of urea groups is 1. The average molecular weight is 322 g/mol. The van der Waals surface area contributed by atoms with Crippen molar-refractivity contribution in [3.8, 4) is 0 Å². The Balaban J connectivity index is 2.03. The van der Waals surface area contributed by atoms with Gasteiger partial charge in [0.05, 0.1) is 6.54 Å². The maximum absolute atomic E-state index is 11.8. The molecule has 1 heterocycles. The van der Waals surface area contributed by atoms with Gasteiger partial charge in [0.15, 0.2) is 11.2 Å². The van der Waals surface area contributed by atoms with Gasteiger partial charge in [-0.2, -0.15) is 4.98 Å². The van der Waals surface area contributed by atoms with Gasteiger partial charge in [0.25, 0.3) is 6.01 Å². The first kappa shape index (κ1) is 16.6. The molecule has 2 amide bonds. The van der Waals surface area contributed by atoms with Gasteiger partial charge < -0.3 is 30.2 Å². The molecule has 2 rings (SSSR count). The number of carboxylic acids is 1. The average Bonchev–Trinajstić information content (AvgIpc) is 2.88. The normalized spacial score (nSPS) is 13.4. The maximum Gasteiger partial charge on any atom is 0.337 e. The largest absolute Gasteiger partial charge is 0.479 e. The van der Waals surface area contributed by atoms with Gasteiger partial charge >= 0.3 is 12.0 Å². The van der Waals surface area contributed by atoms with Crippen molar-refractivity contribution in [1.29, 1.82) is 0 Å². The van der Waals surface area contributed by atoms with Gasteiger partial charge in [-0.25, -0.2) is 9.59 Å². The van der Waals surface area contributed by atoms with E-state index in [1.807, 2.05) is 0 Å². The lowest BCUT2D eigenvalue weighted by Gasteiger charge is -2.18. The SMILES string of the molecule is CN(C)c1nc2cc(NC(=O)NCC(C)(O)C(=O)O)ccc2o1. The predicted octanol–water partition coefficient (Wildman–Crippen LogP) is 0.851. The molecule has 0 bridgehead atoms. The molecule has 0 radical (unpaired) electrons. The number of carbonyl (C=O) groups is 2. The monoisotopic (exact) mass is 322 g/mol. The predicted molar refractivity (Wildman–Crippen MR) is 83.6 cm³/mol.